The zero-order valence-electron chi connectivity index (χ0n) is 26.2. The van der Waals surface area contributed by atoms with Crippen molar-refractivity contribution in [1.82, 2.24) is 0 Å². The third kappa shape index (κ3) is 6.73. The Morgan fingerprint density at radius 1 is 0.659 bits per heavy atom. The summed E-state index contributed by atoms with van der Waals surface area (Å²) in [7, 11) is 12.0. The molecular formula is C32H39Cl2F6Si3Zr. The first-order chi connectivity index (χ1) is 19.9. The average Bonchev–Trinajstić information content (AvgIpc) is 3.46. The Morgan fingerprint density at radius 3 is 1.27 bits per heavy atom. The summed E-state index contributed by atoms with van der Waals surface area (Å²) < 4.78 is 87.2. The predicted molar refractivity (Wildman–Crippen MR) is 182 cm³/mol. The fourth-order valence-corrected chi connectivity index (χ4v) is 37.8. The van der Waals surface area contributed by atoms with Crippen molar-refractivity contribution < 1.29 is 41.9 Å². The summed E-state index contributed by atoms with van der Waals surface area (Å²) in [4.78, 5) is 0. The van der Waals surface area contributed by atoms with Gasteiger partial charge >= 0.3 is 270 Å². The number of fused-ring (bicyclic) bond motifs is 2. The van der Waals surface area contributed by atoms with E-state index in [1.165, 1.54) is 0 Å². The minimum atomic E-state index is -6.32. The first-order valence-corrected chi connectivity index (χ1v) is 38.1. The predicted octanol–water partition coefficient (Wildman–Crippen LogP) is 12.1. The molecule has 12 heteroatoms. The number of alkyl halides is 6. The number of benzene rings is 2. The molecule has 0 heterocycles. The van der Waals surface area contributed by atoms with Gasteiger partial charge in [-0.25, -0.2) is 0 Å². The van der Waals surface area contributed by atoms with Crippen LogP contribution in [0.25, 0.3) is 24.3 Å². The van der Waals surface area contributed by atoms with E-state index < -0.39 is 68.4 Å². The summed E-state index contributed by atoms with van der Waals surface area (Å²) in [5, 5.41) is 0. The van der Waals surface area contributed by atoms with Gasteiger partial charge in [0.2, 0.25) is 0 Å². The summed E-state index contributed by atoms with van der Waals surface area (Å²) in [6, 6.07) is 9.97. The first-order valence-electron chi connectivity index (χ1n) is 14.7. The average molecular weight is 784 g/mol. The minimum absolute atomic E-state index is 0.289. The molecule has 0 N–H and O–H groups in total. The van der Waals surface area contributed by atoms with Crippen LogP contribution in [0.2, 0.25) is 52.4 Å². The van der Waals surface area contributed by atoms with E-state index in [1.807, 2.05) is 23.6 Å². The van der Waals surface area contributed by atoms with Gasteiger partial charge in [0, 0.05) is 0 Å². The summed E-state index contributed by atoms with van der Waals surface area (Å²) in [6.45, 7) is 16.1. The summed E-state index contributed by atoms with van der Waals surface area (Å²) >= 11 is -6.32. The van der Waals surface area contributed by atoms with E-state index in [0.717, 1.165) is 12.2 Å². The van der Waals surface area contributed by atoms with Gasteiger partial charge in [-0.15, -0.1) is 0 Å². The van der Waals surface area contributed by atoms with E-state index in [-0.39, 0.29) is 11.1 Å². The van der Waals surface area contributed by atoms with Crippen molar-refractivity contribution in [1.29, 1.82) is 0 Å². The maximum absolute atomic E-state index is 15.0. The molecular weight excluding hydrogens is 745 g/mol. The molecule has 4 rings (SSSR count). The van der Waals surface area contributed by atoms with Gasteiger partial charge in [-0.05, 0) is 0 Å². The van der Waals surface area contributed by atoms with E-state index >= 15 is 26.3 Å². The van der Waals surface area contributed by atoms with Crippen molar-refractivity contribution in [3.8, 4) is 0 Å². The van der Waals surface area contributed by atoms with Crippen LogP contribution >= 0.6 is 17.0 Å². The van der Waals surface area contributed by atoms with Crippen LogP contribution in [0.3, 0.4) is 0 Å². The van der Waals surface area contributed by atoms with Gasteiger partial charge in [0.15, 0.2) is 0 Å². The van der Waals surface area contributed by atoms with Crippen molar-refractivity contribution >= 4 is 63.4 Å². The second-order valence-corrected chi connectivity index (χ2v) is 67.2. The molecule has 0 saturated carbocycles. The molecule has 239 valence electrons. The Balaban J connectivity index is 2.08. The second-order valence-electron chi connectivity index (χ2n) is 14.5. The molecule has 0 spiro atoms. The molecule has 2 aliphatic rings. The van der Waals surface area contributed by atoms with Crippen LogP contribution in [0, 0.1) is 0 Å². The number of hydrogen-bond donors (Lipinski definition) is 0. The third-order valence-electron chi connectivity index (χ3n) is 8.58. The zero-order valence-corrected chi connectivity index (χ0v) is 33.3. The molecule has 0 aliphatic heterocycles. The Morgan fingerprint density at radius 2 is 1.00 bits per heavy atom. The van der Waals surface area contributed by atoms with E-state index in [0.29, 0.717) is 22.3 Å². The Bertz CT molecular complexity index is 1480. The molecule has 0 amide bonds. The summed E-state index contributed by atoms with van der Waals surface area (Å²) in [5.74, 6) is -2.64. The SMILES string of the molecule is C[SiH](C)[Zr]([Cl])([Cl])([CH]1C(C(F)(F)F)=Cc2c(C=C[Si](C)(C)C)cccc21)[CH]1C(C(F)(F)F)=Cc2c(C=C[Si](C)(C)C)cccc21. The van der Waals surface area contributed by atoms with E-state index in [2.05, 4.69) is 39.3 Å². The van der Waals surface area contributed by atoms with Crippen LogP contribution in [0.1, 0.15) is 40.6 Å². The molecule has 0 nitrogen and oxygen atoms in total. The van der Waals surface area contributed by atoms with Gasteiger partial charge in [0.1, 0.15) is 0 Å². The Hall–Kier alpha value is -0.906. The standard InChI is InChI=1S/2C15H16F3Si.C2H7Si.2ClH.Zr/c2*1-19(2,3)8-7-11-5-4-6-12-9-13(10-14(11)12)15(16,17)18;1-3-2;;;/h2*4-10H,1-3H3;3H,1-2H3;2*1H;/q;;;;;+2/p-2. The van der Waals surface area contributed by atoms with Crippen LogP contribution < -0.4 is 0 Å². The van der Waals surface area contributed by atoms with Crippen molar-refractivity contribution in [2.45, 2.75) is 72.0 Å². The van der Waals surface area contributed by atoms with Crippen molar-refractivity contribution in [3.05, 3.63) is 92.3 Å². The molecule has 2 aromatic rings. The van der Waals surface area contributed by atoms with Crippen molar-refractivity contribution in [2.24, 2.45) is 0 Å². The number of halogens is 8. The van der Waals surface area contributed by atoms with Crippen LogP contribution in [-0.4, -0.2) is 34.4 Å². The molecule has 2 aromatic carbocycles. The molecule has 2 unspecified atom stereocenters. The van der Waals surface area contributed by atoms with Gasteiger partial charge in [-0.2, -0.15) is 0 Å². The maximum atomic E-state index is 15.0. The van der Waals surface area contributed by atoms with E-state index in [4.69, 9.17) is 17.0 Å². The normalized spacial score (nSPS) is 20.6. The molecule has 0 bridgehead atoms. The van der Waals surface area contributed by atoms with E-state index in [1.54, 1.807) is 49.5 Å². The van der Waals surface area contributed by atoms with Crippen molar-refractivity contribution in [3.63, 3.8) is 0 Å². The van der Waals surface area contributed by atoms with Crippen LogP contribution in [-0.2, 0) is 15.6 Å². The van der Waals surface area contributed by atoms with Gasteiger partial charge in [0.25, 0.3) is 0 Å². The Labute approximate surface area is 267 Å². The molecule has 0 radical (unpaired) electrons. The number of hydrogen-bond acceptors (Lipinski definition) is 0. The topological polar surface area (TPSA) is 0 Å². The molecule has 2 aliphatic carbocycles. The van der Waals surface area contributed by atoms with Gasteiger partial charge in [0.05, 0.1) is 0 Å². The van der Waals surface area contributed by atoms with E-state index in [9.17, 15) is 0 Å². The van der Waals surface area contributed by atoms with Crippen LogP contribution in [0.4, 0.5) is 26.3 Å². The zero-order chi connectivity index (χ0) is 33.3. The molecule has 0 fully saturated rings. The number of allylic oxidation sites excluding steroid dienone is 2. The number of rotatable bonds is 7. The van der Waals surface area contributed by atoms with Gasteiger partial charge in [-0.3, -0.25) is 0 Å². The third-order valence-corrected chi connectivity index (χ3v) is 62.5. The molecule has 44 heavy (non-hydrogen) atoms. The molecule has 0 aromatic heterocycles. The summed E-state index contributed by atoms with van der Waals surface area (Å²) in [5.41, 5.74) is 4.66. The fraction of sp³-hybridized carbons (Fsp3) is 0.375. The second kappa shape index (κ2) is 11.7. The van der Waals surface area contributed by atoms with Crippen LogP contribution in [0.5, 0.6) is 0 Å². The van der Waals surface area contributed by atoms with Gasteiger partial charge < -0.3 is 0 Å². The van der Waals surface area contributed by atoms with Crippen LogP contribution in [0.15, 0.2) is 58.9 Å². The van der Waals surface area contributed by atoms with Gasteiger partial charge in [-0.1, -0.05) is 0 Å². The first kappa shape index (κ1) is 35.9. The molecule has 2 atom stereocenters. The monoisotopic (exact) mass is 781 g/mol. The summed E-state index contributed by atoms with van der Waals surface area (Å²) in [6.07, 6.45) is -3.81. The Kier molecular flexibility index (Phi) is 9.52. The molecule has 0 saturated heterocycles. The van der Waals surface area contributed by atoms with Crippen molar-refractivity contribution in [2.75, 3.05) is 0 Å². The quantitative estimate of drug-likeness (QED) is 0.194. The fourth-order valence-electron chi connectivity index (χ4n) is 6.34.